The van der Waals surface area contributed by atoms with Gasteiger partial charge in [-0.3, -0.25) is 0 Å². The van der Waals surface area contributed by atoms with Gasteiger partial charge in [0.2, 0.25) is 5.88 Å². The fourth-order valence-corrected chi connectivity index (χ4v) is 1.58. The molecule has 0 fully saturated rings. The molecule has 0 aliphatic rings. The molecular weight excluding hydrogens is 244 g/mol. The van der Waals surface area contributed by atoms with E-state index in [0.717, 1.165) is 39.0 Å². The second-order valence-corrected chi connectivity index (χ2v) is 4.29. The van der Waals surface area contributed by atoms with Crippen LogP contribution in [0.3, 0.4) is 0 Å². The van der Waals surface area contributed by atoms with Gasteiger partial charge < -0.3 is 20.5 Å². The molecule has 6 heteroatoms. The Labute approximate surface area is 114 Å². The molecule has 0 saturated carbocycles. The van der Waals surface area contributed by atoms with Crippen molar-refractivity contribution < 1.29 is 9.47 Å². The number of nitrogens with two attached hydrogens (primary N) is 1. The van der Waals surface area contributed by atoms with Gasteiger partial charge in [-0.2, -0.15) is 4.98 Å². The predicted molar refractivity (Wildman–Crippen MR) is 76.6 cm³/mol. The highest BCUT2D eigenvalue weighted by molar-refractivity contribution is 5.66. The monoisotopic (exact) mass is 268 g/mol. The molecule has 6 nitrogen and oxygen atoms in total. The van der Waals surface area contributed by atoms with Crippen LogP contribution < -0.4 is 15.8 Å². The van der Waals surface area contributed by atoms with Crippen molar-refractivity contribution in [3.05, 3.63) is 5.82 Å². The maximum Gasteiger partial charge on any atom is 0.242 e. The molecule has 1 aromatic heterocycles. The third-order valence-electron chi connectivity index (χ3n) is 2.62. The van der Waals surface area contributed by atoms with Crippen LogP contribution in [0.25, 0.3) is 0 Å². The molecule has 1 heterocycles. The summed E-state index contributed by atoms with van der Waals surface area (Å²) in [5.74, 6) is 1.67. The fraction of sp³-hybridized carbons (Fsp3) is 0.692. The van der Waals surface area contributed by atoms with Gasteiger partial charge in [-0.1, -0.05) is 13.3 Å². The minimum Gasteiger partial charge on any atom is -0.479 e. The van der Waals surface area contributed by atoms with Gasteiger partial charge in [0.25, 0.3) is 0 Å². The van der Waals surface area contributed by atoms with Crippen LogP contribution in [-0.4, -0.2) is 36.8 Å². The van der Waals surface area contributed by atoms with E-state index in [2.05, 4.69) is 22.2 Å². The quantitative estimate of drug-likeness (QED) is 0.666. The van der Waals surface area contributed by atoms with Gasteiger partial charge in [-0.15, -0.1) is 0 Å². The van der Waals surface area contributed by atoms with Gasteiger partial charge in [-0.05, 0) is 19.8 Å². The predicted octanol–water partition coefficient (Wildman–Crippen LogP) is 1.99. The Hall–Kier alpha value is -1.56. The van der Waals surface area contributed by atoms with E-state index in [4.69, 9.17) is 15.2 Å². The van der Waals surface area contributed by atoms with E-state index in [0.29, 0.717) is 23.2 Å². The van der Waals surface area contributed by atoms with E-state index in [1.165, 1.54) is 0 Å². The largest absolute Gasteiger partial charge is 0.479 e. The zero-order chi connectivity index (χ0) is 14.1. The highest BCUT2D eigenvalue weighted by Crippen LogP contribution is 2.25. The average molecular weight is 268 g/mol. The van der Waals surface area contributed by atoms with Crippen LogP contribution in [0.15, 0.2) is 0 Å². The Morgan fingerprint density at radius 1 is 1.21 bits per heavy atom. The average Bonchev–Trinajstić information content (AvgIpc) is 2.41. The Bertz CT molecular complexity index is 385. The molecule has 0 saturated heterocycles. The zero-order valence-corrected chi connectivity index (χ0v) is 12.0. The third kappa shape index (κ3) is 5.30. The minimum absolute atomic E-state index is 0.411. The van der Waals surface area contributed by atoms with E-state index in [-0.39, 0.29) is 0 Å². The molecule has 1 rings (SSSR count). The molecule has 19 heavy (non-hydrogen) atoms. The van der Waals surface area contributed by atoms with Gasteiger partial charge in [0, 0.05) is 19.8 Å². The molecule has 3 N–H and O–H groups in total. The molecular formula is C13H24N4O2. The lowest BCUT2D eigenvalue weighted by molar-refractivity contribution is 0.131. The smallest absolute Gasteiger partial charge is 0.242 e. The first-order valence-electron chi connectivity index (χ1n) is 6.68. The van der Waals surface area contributed by atoms with E-state index < -0.39 is 0 Å². The molecule has 0 spiro atoms. The number of nitrogen functional groups attached to an aromatic ring is 1. The molecule has 0 unspecified atom stereocenters. The molecule has 0 aromatic carbocycles. The lowest BCUT2D eigenvalue weighted by Gasteiger charge is -2.11. The van der Waals surface area contributed by atoms with Crippen molar-refractivity contribution in [1.29, 1.82) is 0 Å². The number of hydrogen-bond acceptors (Lipinski definition) is 6. The minimum atomic E-state index is 0.411. The summed E-state index contributed by atoms with van der Waals surface area (Å²) in [4.78, 5) is 8.37. The van der Waals surface area contributed by atoms with Crippen molar-refractivity contribution >= 4 is 11.5 Å². The van der Waals surface area contributed by atoms with Crippen LogP contribution in [0.2, 0.25) is 0 Å². The number of hydrogen-bond donors (Lipinski definition) is 2. The number of unbranched alkanes of at least 4 members (excludes halogenated alkanes) is 1. The molecule has 0 aliphatic carbocycles. The summed E-state index contributed by atoms with van der Waals surface area (Å²) in [5.41, 5.74) is 6.34. The lowest BCUT2D eigenvalue weighted by atomic mass is 10.3. The fourth-order valence-electron chi connectivity index (χ4n) is 1.58. The van der Waals surface area contributed by atoms with E-state index in [9.17, 15) is 0 Å². The number of methoxy groups -OCH3 is 1. The van der Waals surface area contributed by atoms with Crippen molar-refractivity contribution in [2.75, 3.05) is 37.9 Å². The number of rotatable bonds is 9. The SMILES string of the molecule is CCCCOCCCNc1nc(C)nc(OC)c1N. The van der Waals surface area contributed by atoms with Crippen LogP contribution in [0.4, 0.5) is 11.5 Å². The van der Waals surface area contributed by atoms with Crippen LogP contribution >= 0.6 is 0 Å². The Morgan fingerprint density at radius 2 is 1.95 bits per heavy atom. The van der Waals surface area contributed by atoms with Crippen LogP contribution in [0.1, 0.15) is 32.0 Å². The summed E-state index contributed by atoms with van der Waals surface area (Å²) in [6.45, 7) is 6.29. The van der Waals surface area contributed by atoms with Crippen molar-refractivity contribution in [3.63, 3.8) is 0 Å². The first kappa shape index (κ1) is 15.5. The Kier molecular flexibility index (Phi) is 6.95. The van der Waals surface area contributed by atoms with Gasteiger partial charge in [0.05, 0.1) is 7.11 Å². The maximum absolute atomic E-state index is 5.90. The van der Waals surface area contributed by atoms with Crippen LogP contribution in [0, 0.1) is 6.92 Å². The normalized spacial score (nSPS) is 10.5. The van der Waals surface area contributed by atoms with Crippen LogP contribution in [-0.2, 0) is 4.74 Å². The van der Waals surface area contributed by atoms with Gasteiger partial charge >= 0.3 is 0 Å². The first-order chi connectivity index (χ1) is 9.19. The summed E-state index contributed by atoms with van der Waals surface area (Å²) in [7, 11) is 1.55. The van der Waals surface area contributed by atoms with Gasteiger partial charge in [0.15, 0.2) is 5.82 Å². The van der Waals surface area contributed by atoms with Crippen molar-refractivity contribution in [2.45, 2.75) is 33.1 Å². The number of nitrogens with one attached hydrogen (secondary N) is 1. The molecule has 0 radical (unpaired) electrons. The molecule has 0 bridgehead atoms. The standard InChI is InChI=1S/C13H24N4O2/c1-4-5-8-19-9-6-7-15-12-11(14)13(18-3)17-10(2)16-12/h4-9,14H2,1-3H3,(H,15,16,17). The number of aryl methyl sites for hydroxylation is 1. The first-order valence-corrected chi connectivity index (χ1v) is 6.68. The number of nitrogens with zero attached hydrogens (tertiary/aromatic N) is 2. The van der Waals surface area contributed by atoms with E-state index in [1.807, 2.05) is 0 Å². The highest BCUT2D eigenvalue weighted by Gasteiger charge is 2.09. The number of ether oxygens (including phenoxy) is 2. The molecule has 0 aliphatic heterocycles. The van der Waals surface area contributed by atoms with E-state index in [1.54, 1.807) is 14.0 Å². The highest BCUT2D eigenvalue weighted by atomic mass is 16.5. The zero-order valence-electron chi connectivity index (χ0n) is 12.0. The summed E-state index contributed by atoms with van der Waals surface area (Å²) in [5, 5.41) is 3.18. The maximum atomic E-state index is 5.90. The van der Waals surface area contributed by atoms with Crippen molar-refractivity contribution in [3.8, 4) is 5.88 Å². The van der Waals surface area contributed by atoms with E-state index >= 15 is 0 Å². The summed E-state index contributed by atoms with van der Waals surface area (Å²) in [6.07, 6.45) is 3.19. The second kappa shape index (κ2) is 8.53. The molecule has 0 amide bonds. The molecule has 0 atom stereocenters. The third-order valence-corrected chi connectivity index (χ3v) is 2.62. The summed E-state index contributed by atoms with van der Waals surface area (Å²) >= 11 is 0. The summed E-state index contributed by atoms with van der Waals surface area (Å²) in [6, 6.07) is 0. The topological polar surface area (TPSA) is 82.3 Å². The Balaban J connectivity index is 2.35. The van der Waals surface area contributed by atoms with Gasteiger partial charge in [-0.25, -0.2) is 4.98 Å². The van der Waals surface area contributed by atoms with Crippen molar-refractivity contribution in [1.82, 2.24) is 9.97 Å². The second-order valence-electron chi connectivity index (χ2n) is 4.29. The lowest BCUT2D eigenvalue weighted by Crippen LogP contribution is -2.11. The molecule has 108 valence electrons. The summed E-state index contributed by atoms with van der Waals surface area (Å²) < 4.78 is 10.6. The Morgan fingerprint density at radius 3 is 2.63 bits per heavy atom. The number of anilines is 2. The van der Waals surface area contributed by atoms with Crippen LogP contribution in [0.5, 0.6) is 5.88 Å². The number of aromatic nitrogens is 2. The molecule has 1 aromatic rings. The van der Waals surface area contributed by atoms with Gasteiger partial charge in [0.1, 0.15) is 11.5 Å². The van der Waals surface area contributed by atoms with Crippen molar-refractivity contribution in [2.24, 2.45) is 0 Å².